The van der Waals surface area contributed by atoms with Gasteiger partial charge in [-0.1, -0.05) is 30.3 Å². The molecule has 0 heterocycles. The molecular weight excluding hydrogens is 164 g/mol. The highest BCUT2D eigenvalue weighted by atomic mass is 15.0. The van der Waals surface area contributed by atoms with Crippen LogP contribution in [0, 0.1) is 0 Å². The van der Waals surface area contributed by atoms with E-state index in [4.69, 9.17) is 17.2 Å². The summed E-state index contributed by atoms with van der Waals surface area (Å²) in [5.74, 6) is 0.0688. The summed E-state index contributed by atoms with van der Waals surface area (Å²) in [5, 5.41) is 0. The Bertz CT molecular complexity index is 277. The standard InChI is InChI=1S/C9H14N4/c10-6-8(13-9(11)12)7-4-2-1-3-5-7/h1-5,8H,6,10H2,(H4,11,12,13). The van der Waals surface area contributed by atoms with Gasteiger partial charge in [-0.05, 0) is 5.56 Å². The van der Waals surface area contributed by atoms with Crippen LogP contribution in [0.2, 0.25) is 0 Å². The molecule has 70 valence electrons. The number of aliphatic imine (C=N–C) groups is 1. The molecular formula is C9H14N4. The zero-order valence-corrected chi connectivity index (χ0v) is 7.35. The van der Waals surface area contributed by atoms with Crippen molar-refractivity contribution in [3.63, 3.8) is 0 Å². The van der Waals surface area contributed by atoms with Crippen molar-refractivity contribution in [1.29, 1.82) is 0 Å². The first-order valence-electron chi connectivity index (χ1n) is 4.08. The van der Waals surface area contributed by atoms with Crippen molar-refractivity contribution < 1.29 is 0 Å². The van der Waals surface area contributed by atoms with Crippen LogP contribution in [0.15, 0.2) is 35.3 Å². The first kappa shape index (κ1) is 9.54. The normalized spacial score (nSPS) is 12.1. The highest BCUT2D eigenvalue weighted by Gasteiger charge is 2.06. The molecule has 6 N–H and O–H groups in total. The van der Waals surface area contributed by atoms with Crippen molar-refractivity contribution >= 4 is 5.96 Å². The Labute approximate surface area is 77.4 Å². The minimum absolute atomic E-state index is 0.0688. The average molecular weight is 178 g/mol. The van der Waals surface area contributed by atoms with E-state index < -0.39 is 0 Å². The van der Waals surface area contributed by atoms with Gasteiger partial charge in [-0.15, -0.1) is 0 Å². The summed E-state index contributed by atoms with van der Waals surface area (Å²) in [6, 6.07) is 9.56. The average Bonchev–Trinajstić information content (AvgIpc) is 2.15. The number of hydrogen-bond acceptors (Lipinski definition) is 2. The van der Waals surface area contributed by atoms with E-state index in [0.29, 0.717) is 6.54 Å². The Morgan fingerprint density at radius 2 is 1.85 bits per heavy atom. The summed E-state index contributed by atoms with van der Waals surface area (Å²) in [7, 11) is 0. The SMILES string of the molecule is NCC(N=C(N)N)c1ccccc1. The van der Waals surface area contributed by atoms with Crippen molar-refractivity contribution in [3.05, 3.63) is 35.9 Å². The van der Waals surface area contributed by atoms with E-state index in [1.54, 1.807) is 0 Å². The predicted molar refractivity (Wildman–Crippen MR) is 54.0 cm³/mol. The van der Waals surface area contributed by atoms with Crippen LogP contribution in [0.1, 0.15) is 11.6 Å². The van der Waals surface area contributed by atoms with E-state index in [9.17, 15) is 0 Å². The molecule has 0 saturated carbocycles. The zero-order chi connectivity index (χ0) is 9.68. The Morgan fingerprint density at radius 1 is 1.23 bits per heavy atom. The van der Waals surface area contributed by atoms with Gasteiger partial charge in [0.05, 0.1) is 6.04 Å². The van der Waals surface area contributed by atoms with Crippen molar-refractivity contribution in [2.24, 2.45) is 22.2 Å². The number of hydrogen-bond donors (Lipinski definition) is 3. The molecule has 4 nitrogen and oxygen atoms in total. The second kappa shape index (κ2) is 4.47. The molecule has 0 saturated heterocycles. The third-order valence-electron chi connectivity index (χ3n) is 1.71. The molecule has 1 unspecified atom stereocenters. The minimum Gasteiger partial charge on any atom is -0.370 e. The maximum Gasteiger partial charge on any atom is 0.186 e. The Hall–Kier alpha value is -1.55. The summed E-state index contributed by atoms with van der Waals surface area (Å²) in [5.41, 5.74) is 17.1. The summed E-state index contributed by atoms with van der Waals surface area (Å²) >= 11 is 0. The van der Waals surface area contributed by atoms with Gasteiger partial charge in [0.15, 0.2) is 5.96 Å². The molecule has 0 spiro atoms. The number of benzene rings is 1. The molecule has 0 aliphatic heterocycles. The van der Waals surface area contributed by atoms with Crippen LogP contribution in [0.25, 0.3) is 0 Å². The van der Waals surface area contributed by atoms with Crippen LogP contribution in [-0.2, 0) is 0 Å². The van der Waals surface area contributed by atoms with Crippen LogP contribution in [0.5, 0.6) is 0 Å². The fourth-order valence-corrected chi connectivity index (χ4v) is 1.12. The van der Waals surface area contributed by atoms with Crippen LogP contribution in [0.4, 0.5) is 0 Å². The molecule has 0 aliphatic rings. The first-order chi connectivity index (χ1) is 6.24. The Kier molecular flexibility index (Phi) is 3.28. The van der Waals surface area contributed by atoms with Gasteiger partial charge in [-0.3, -0.25) is 0 Å². The quantitative estimate of drug-likeness (QED) is 0.448. The molecule has 1 atom stereocenters. The largest absolute Gasteiger partial charge is 0.370 e. The van der Waals surface area contributed by atoms with Gasteiger partial charge in [0, 0.05) is 6.54 Å². The summed E-state index contributed by atoms with van der Waals surface area (Å²) in [6.45, 7) is 0.405. The predicted octanol–water partition coefficient (Wildman–Crippen LogP) is -0.0402. The van der Waals surface area contributed by atoms with Gasteiger partial charge in [-0.25, -0.2) is 4.99 Å². The van der Waals surface area contributed by atoms with Crippen LogP contribution in [0.3, 0.4) is 0 Å². The van der Waals surface area contributed by atoms with Crippen molar-refractivity contribution in [1.82, 2.24) is 0 Å². The molecule has 1 aromatic rings. The molecule has 0 aliphatic carbocycles. The molecule has 13 heavy (non-hydrogen) atoms. The fraction of sp³-hybridized carbons (Fsp3) is 0.222. The maximum absolute atomic E-state index is 5.53. The van der Waals surface area contributed by atoms with Gasteiger partial charge < -0.3 is 17.2 Å². The number of nitrogens with two attached hydrogens (primary N) is 3. The Balaban J connectivity index is 2.85. The van der Waals surface area contributed by atoms with E-state index in [1.807, 2.05) is 30.3 Å². The third-order valence-corrected chi connectivity index (χ3v) is 1.71. The first-order valence-corrected chi connectivity index (χ1v) is 4.08. The van der Waals surface area contributed by atoms with Crippen LogP contribution in [-0.4, -0.2) is 12.5 Å². The van der Waals surface area contributed by atoms with Crippen molar-refractivity contribution in [2.45, 2.75) is 6.04 Å². The molecule has 0 amide bonds. The highest BCUT2D eigenvalue weighted by molar-refractivity contribution is 5.76. The van der Waals surface area contributed by atoms with Gasteiger partial charge in [0.25, 0.3) is 0 Å². The van der Waals surface area contributed by atoms with Gasteiger partial charge in [0.1, 0.15) is 0 Å². The van der Waals surface area contributed by atoms with Crippen LogP contribution >= 0.6 is 0 Å². The lowest BCUT2D eigenvalue weighted by Crippen LogP contribution is -2.25. The fourth-order valence-electron chi connectivity index (χ4n) is 1.12. The van der Waals surface area contributed by atoms with Crippen LogP contribution < -0.4 is 17.2 Å². The van der Waals surface area contributed by atoms with Crippen molar-refractivity contribution in [3.8, 4) is 0 Å². The second-order valence-electron chi connectivity index (χ2n) is 2.72. The van der Waals surface area contributed by atoms with E-state index in [0.717, 1.165) is 5.56 Å². The lowest BCUT2D eigenvalue weighted by molar-refractivity contribution is 0.737. The second-order valence-corrected chi connectivity index (χ2v) is 2.72. The lowest BCUT2D eigenvalue weighted by Gasteiger charge is -2.09. The highest BCUT2D eigenvalue weighted by Crippen LogP contribution is 2.14. The summed E-state index contributed by atoms with van der Waals surface area (Å²) in [6.07, 6.45) is 0. The molecule has 0 radical (unpaired) electrons. The zero-order valence-electron chi connectivity index (χ0n) is 7.35. The molecule has 1 aromatic carbocycles. The van der Waals surface area contributed by atoms with Crippen molar-refractivity contribution in [2.75, 3.05) is 6.54 Å². The third kappa shape index (κ3) is 2.76. The molecule has 4 heteroatoms. The lowest BCUT2D eigenvalue weighted by atomic mass is 10.1. The van der Waals surface area contributed by atoms with E-state index >= 15 is 0 Å². The Morgan fingerprint density at radius 3 is 2.31 bits per heavy atom. The summed E-state index contributed by atoms with van der Waals surface area (Å²) < 4.78 is 0. The molecule has 0 bridgehead atoms. The number of rotatable bonds is 3. The van der Waals surface area contributed by atoms with Gasteiger partial charge >= 0.3 is 0 Å². The molecule has 1 rings (SSSR count). The molecule has 0 fully saturated rings. The smallest absolute Gasteiger partial charge is 0.186 e. The number of nitrogens with zero attached hydrogens (tertiary/aromatic N) is 1. The monoisotopic (exact) mass is 178 g/mol. The van der Waals surface area contributed by atoms with E-state index in [2.05, 4.69) is 4.99 Å². The minimum atomic E-state index is -0.133. The molecule has 0 aromatic heterocycles. The number of guanidine groups is 1. The van der Waals surface area contributed by atoms with Gasteiger partial charge in [0.2, 0.25) is 0 Å². The van der Waals surface area contributed by atoms with Gasteiger partial charge in [-0.2, -0.15) is 0 Å². The van der Waals surface area contributed by atoms with E-state index in [-0.39, 0.29) is 12.0 Å². The van der Waals surface area contributed by atoms with E-state index in [1.165, 1.54) is 0 Å². The summed E-state index contributed by atoms with van der Waals surface area (Å²) in [4.78, 5) is 4.01. The maximum atomic E-state index is 5.53. The topological polar surface area (TPSA) is 90.4 Å².